The standard InChI is InChI=1S/C23H24ClN5S/c24-16-11-12-20(26-15-16)28-14-6-10-19(28)22-21(18-9-4-5-13-25-18)27-23(30)29(22)17-7-2-1-3-8-17/h4-6,9-15,17,21-22H,1-3,7-8H2,(H,27,30)/t21-,22+/m0/s1. The maximum absolute atomic E-state index is 6.07. The Bertz CT molecular complexity index is 1010. The van der Waals surface area contributed by atoms with Crippen molar-refractivity contribution in [3.63, 3.8) is 0 Å². The quantitative estimate of drug-likeness (QED) is 0.566. The van der Waals surface area contributed by atoms with Crippen molar-refractivity contribution in [1.82, 2.24) is 24.8 Å². The van der Waals surface area contributed by atoms with Crippen LogP contribution in [0.2, 0.25) is 5.02 Å². The van der Waals surface area contributed by atoms with Crippen molar-refractivity contribution < 1.29 is 0 Å². The molecule has 5 rings (SSSR count). The maximum Gasteiger partial charge on any atom is 0.170 e. The molecule has 0 unspecified atom stereocenters. The molecule has 0 bridgehead atoms. The average molecular weight is 438 g/mol. The van der Waals surface area contributed by atoms with E-state index in [0.717, 1.165) is 22.3 Å². The summed E-state index contributed by atoms with van der Waals surface area (Å²) in [6, 6.07) is 14.6. The van der Waals surface area contributed by atoms with E-state index < -0.39 is 0 Å². The van der Waals surface area contributed by atoms with Crippen LogP contribution in [0.5, 0.6) is 0 Å². The fraction of sp³-hybridized carbons (Fsp3) is 0.348. The highest BCUT2D eigenvalue weighted by Crippen LogP contribution is 2.42. The minimum Gasteiger partial charge on any atom is -0.352 e. The smallest absolute Gasteiger partial charge is 0.170 e. The van der Waals surface area contributed by atoms with E-state index in [1.165, 1.54) is 32.1 Å². The third-order valence-electron chi connectivity index (χ3n) is 6.15. The Morgan fingerprint density at radius 1 is 1.00 bits per heavy atom. The van der Waals surface area contributed by atoms with Crippen LogP contribution in [0.15, 0.2) is 61.1 Å². The van der Waals surface area contributed by atoms with Crippen LogP contribution < -0.4 is 5.32 Å². The Balaban J connectivity index is 1.60. The van der Waals surface area contributed by atoms with Crippen molar-refractivity contribution in [2.75, 3.05) is 0 Å². The van der Waals surface area contributed by atoms with Gasteiger partial charge in [0, 0.05) is 30.3 Å². The molecule has 1 saturated heterocycles. The number of pyridine rings is 2. The summed E-state index contributed by atoms with van der Waals surface area (Å²) < 4.78 is 2.14. The molecule has 1 saturated carbocycles. The summed E-state index contributed by atoms with van der Waals surface area (Å²) >= 11 is 11.9. The molecule has 30 heavy (non-hydrogen) atoms. The number of hydrogen-bond acceptors (Lipinski definition) is 3. The molecule has 0 aromatic carbocycles. The lowest BCUT2D eigenvalue weighted by Crippen LogP contribution is -2.40. The molecule has 1 aliphatic heterocycles. The molecule has 1 aliphatic carbocycles. The Labute approximate surface area is 187 Å². The predicted octanol–water partition coefficient (Wildman–Crippen LogP) is 5.23. The number of nitrogens with zero attached hydrogens (tertiary/aromatic N) is 4. The third-order valence-corrected chi connectivity index (χ3v) is 6.70. The molecule has 0 spiro atoms. The lowest BCUT2D eigenvalue weighted by molar-refractivity contribution is 0.193. The Morgan fingerprint density at radius 2 is 1.87 bits per heavy atom. The molecule has 2 atom stereocenters. The average Bonchev–Trinajstić information content (AvgIpc) is 3.40. The number of nitrogens with one attached hydrogen (secondary N) is 1. The summed E-state index contributed by atoms with van der Waals surface area (Å²) in [5, 5.41) is 5.03. The maximum atomic E-state index is 6.07. The van der Waals surface area contributed by atoms with Gasteiger partial charge in [0.25, 0.3) is 0 Å². The van der Waals surface area contributed by atoms with E-state index in [0.29, 0.717) is 11.1 Å². The normalized spacial score (nSPS) is 22.3. The minimum atomic E-state index is -0.0124. The van der Waals surface area contributed by atoms with Crippen molar-refractivity contribution in [1.29, 1.82) is 0 Å². The van der Waals surface area contributed by atoms with Gasteiger partial charge in [0.2, 0.25) is 0 Å². The SMILES string of the molecule is S=C1N[C@@H](c2ccccn2)[C@@H](c2cccn2-c2ccc(Cl)cn2)N1C1CCCCC1. The number of hydrogen-bond donors (Lipinski definition) is 1. The highest BCUT2D eigenvalue weighted by molar-refractivity contribution is 7.80. The third kappa shape index (κ3) is 3.59. The van der Waals surface area contributed by atoms with Gasteiger partial charge in [-0.05, 0) is 61.5 Å². The van der Waals surface area contributed by atoms with Crippen LogP contribution in [0.4, 0.5) is 0 Å². The molecule has 5 nitrogen and oxygen atoms in total. The van der Waals surface area contributed by atoms with Gasteiger partial charge in [0.05, 0.1) is 22.8 Å². The molecular weight excluding hydrogens is 414 g/mol. The van der Waals surface area contributed by atoms with E-state index in [4.69, 9.17) is 23.8 Å². The summed E-state index contributed by atoms with van der Waals surface area (Å²) in [7, 11) is 0. The van der Waals surface area contributed by atoms with Crippen LogP contribution >= 0.6 is 23.8 Å². The fourth-order valence-electron chi connectivity index (χ4n) is 4.79. The largest absolute Gasteiger partial charge is 0.352 e. The zero-order chi connectivity index (χ0) is 20.5. The molecule has 4 heterocycles. The molecule has 7 heteroatoms. The molecule has 0 radical (unpaired) electrons. The number of thiocarbonyl (C=S) groups is 1. The summed E-state index contributed by atoms with van der Waals surface area (Å²) in [6.45, 7) is 0. The molecule has 2 fully saturated rings. The van der Waals surface area contributed by atoms with Crippen LogP contribution in [0.3, 0.4) is 0 Å². The van der Waals surface area contributed by atoms with Gasteiger partial charge in [-0.1, -0.05) is 36.9 Å². The minimum absolute atomic E-state index is 0.0124. The van der Waals surface area contributed by atoms with Gasteiger partial charge in [0.1, 0.15) is 5.82 Å². The van der Waals surface area contributed by atoms with Crippen molar-refractivity contribution in [2.24, 2.45) is 0 Å². The Kier molecular flexibility index (Phi) is 5.44. The lowest BCUT2D eigenvalue weighted by atomic mass is 9.92. The topological polar surface area (TPSA) is 46.0 Å². The van der Waals surface area contributed by atoms with E-state index in [1.54, 1.807) is 6.20 Å². The van der Waals surface area contributed by atoms with Crippen LogP contribution in [-0.2, 0) is 0 Å². The van der Waals surface area contributed by atoms with Crippen molar-refractivity contribution in [3.8, 4) is 5.82 Å². The first kappa shape index (κ1) is 19.5. The second kappa shape index (κ2) is 8.36. The highest BCUT2D eigenvalue weighted by Gasteiger charge is 2.44. The summed E-state index contributed by atoms with van der Waals surface area (Å²) in [5.41, 5.74) is 2.15. The van der Waals surface area contributed by atoms with E-state index in [1.807, 2.05) is 30.5 Å². The van der Waals surface area contributed by atoms with Gasteiger partial charge in [-0.15, -0.1) is 0 Å². The molecule has 1 N–H and O–H groups in total. The summed E-state index contributed by atoms with van der Waals surface area (Å²) in [4.78, 5) is 11.6. The molecule has 154 valence electrons. The van der Waals surface area contributed by atoms with E-state index in [-0.39, 0.29) is 12.1 Å². The van der Waals surface area contributed by atoms with Crippen molar-refractivity contribution in [2.45, 2.75) is 50.2 Å². The predicted molar refractivity (Wildman–Crippen MR) is 123 cm³/mol. The zero-order valence-corrected chi connectivity index (χ0v) is 18.2. The van der Waals surface area contributed by atoms with Crippen molar-refractivity contribution in [3.05, 3.63) is 77.5 Å². The van der Waals surface area contributed by atoms with Crippen LogP contribution in [0.25, 0.3) is 5.82 Å². The molecule has 2 aliphatic rings. The van der Waals surface area contributed by atoms with Crippen LogP contribution in [-0.4, -0.2) is 30.6 Å². The molecule has 3 aromatic heterocycles. The Morgan fingerprint density at radius 3 is 2.60 bits per heavy atom. The van der Waals surface area contributed by atoms with E-state index in [9.17, 15) is 0 Å². The van der Waals surface area contributed by atoms with E-state index in [2.05, 4.69) is 49.1 Å². The molecular formula is C23H24ClN5S. The van der Waals surface area contributed by atoms with Gasteiger partial charge in [-0.2, -0.15) is 0 Å². The first-order valence-corrected chi connectivity index (χ1v) is 11.3. The second-order valence-corrected chi connectivity index (χ2v) is 8.79. The summed E-state index contributed by atoms with van der Waals surface area (Å²) in [6.07, 6.45) is 11.8. The highest BCUT2D eigenvalue weighted by atomic mass is 35.5. The van der Waals surface area contributed by atoms with Gasteiger partial charge < -0.3 is 14.8 Å². The monoisotopic (exact) mass is 437 g/mol. The van der Waals surface area contributed by atoms with Gasteiger partial charge in [-0.3, -0.25) is 4.98 Å². The van der Waals surface area contributed by atoms with Crippen LogP contribution in [0.1, 0.15) is 55.6 Å². The van der Waals surface area contributed by atoms with Gasteiger partial charge in [-0.25, -0.2) is 4.98 Å². The first-order valence-electron chi connectivity index (χ1n) is 10.5. The number of rotatable bonds is 4. The number of halogens is 1. The first-order chi connectivity index (χ1) is 14.7. The fourth-order valence-corrected chi connectivity index (χ4v) is 5.29. The summed E-state index contributed by atoms with van der Waals surface area (Å²) in [5.74, 6) is 0.848. The molecule has 0 amide bonds. The number of aromatic nitrogens is 3. The molecule has 3 aromatic rings. The lowest BCUT2D eigenvalue weighted by Gasteiger charge is -2.37. The van der Waals surface area contributed by atoms with Crippen molar-refractivity contribution >= 4 is 28.9 Å². The Hall–Kier alpha value is -2.44. The van der Waals surface area contributed by atoms with E-state index >= 15 is 0 Å². The van der Waals surface area contributed by atoms with Gasteiger partial charge in [0.15, 0.2) is 5.11 Å². The van der Waals surface area contributed by atoms with Crippen LogP contribution in [0, 0.1) is 0 Å². The van der Waals surface area contributed by atoms with Gasteiger partial charge >= 0.3 is 0 Å². The zero-order valence-electron chi connectivity index (χ0n) is 16.6. The second-order valence-electron chi connectivity index (χ2n) is 7.96.